The highest BCUT2D eigenvalue weighted by molar-refractivity contribution is 6.07. The zero-order chi connectivity index (χ0) is 19.5. The molecular weight excluding hydrogens is 354 g/mol. The summed E-state index contributed by atoms with van der Waals surface area (Å²) in [7, 11) is 0. The minimum absolute atomic E-state index is 0.0178. The lowest BCUT2D eigenvalue weighted by Gasteiger charge is -2.13. The molecule has 0 saturated heterocycles. The van der Waals surface area contributed by atoms with Crippen LogP contribution >= 0.6 is 0 Å². The van der Waals surface area contributed by atoms with Crippen molar-refractivity contribution in [2.24, 2.45) is 0 Å². The lowest BCUT2D eigenvalue weighted by atomic mass is 10.1. The van der Waals surface area contributed by atoms with Crippen molar-refractivity contribution < 1.29 is 14.9 Å². The SMILES string of the molecule is Nc1cc([C@@H](O)CNCCOc2ccc3c(c2)[nH]c2ccccc23)ccc1O. The van der Waals surface area contributed by atoms with E-state index < -0.39 is 6.10 Å². The molecule has 4 rings (SSSR count). The fourth-order valence-corrected chi connectivity index (χ4v) is 3.30. The van der Waals surface area contributed by atoms with Gasteiger partial charge in [-0.05, 0) is 35.9 Å². The zero-order valence-corrected chi connectivity index (χ0v) is 15.4. The van der Waals surface area contributed by atoms with Gasteiger partial charge in [0, 0.05) is 35.4 Å². The Bertz CT molecular complexity index is 1110. The maximum Gasteiger partial charge on any atom is 0.138 e. The molecule has 6 N–H and O–H groups in total. The maximum absolute atomic E-state index is 10.2. The smallest absolute Gasteiger partial charge is 0.138 e. The first-order valence-corrected chi connectivity index (χ1v) is 9.22. The number of aliphatic hydroxyl groups excluding tert-OH is 1. The van der Waals surface area contributed by atoms with Crippen LogP contribution < -0.4 is 15.8 Å². The molecule has 0 spiro atoms. The normalized spacial score (nSPS) is 12.5. The molecule has 1 atom stereocenters. The minimum Gasteiger partial charge on any atom is -0.506 e. The molecule has 0 aliphatic carbocycles. The Morgan fingerprint density at radius 1 is 1.00 bits per heavy atom. The van der Waals surface area contributed by atoms with Crippen molar-refractivity contribution in [1.82, 2.24) is 10.3 Å². The molecule has 0 aliphatic rings. The largest absolute Gasteiger partial charge is 0.506 e. The summed E-state index contributed by atoms with van der Waals surface area (Å²) in [5.74, 6) is 0.817. The fourth-order valence-electron chi connectivity index (χ4n) is 3.30. The van der Waals surface area contributed by atoms with Gasteiger partial charge in [0.05, 0.1) is 17.3 Å². The molecule has 0 saturated carbocycles. The molecule has 0 radical (unpaired) electrons. The van der Waals surface area contributed by atoms with E-state index in [2.05, 4.69) is 28.5 Å². The van der Waals surface area contributed by atoms with Gasteiger partial charge in [0.25, 0.3) is 0 Å². The number of aromatic hydroxyl groups is 1. The fraction of sp³-hybridized carbons (Fsp3) is 0.182. The second-order valence-corrected chi connectivity index (χ2v) is 6.76. The highest BCUT2D eigenvalue weighted by Gasteiger charge is 2.09. The van der Waals surface area contributed by atoms with Crippen LogP contribution in [-0.2, 0) is 0 Å². The highest BCUT2D eigenvalue weighted by atomic mass is 16.5. The monoisotopic (exact) mass is 377 g/mol. The number of phenols is 1. The number of nitrogens with one attached hydrogen (secondary N) is 2. The number of rotatable bonds is 7. The molecular formula is C22H23N3O3. The third kappa shape index (κ3) is 3.74. The van der Waals surface area contributed by atoms with Crippen molar-refractivity contribution in [3.05, 3.63) is 66.2 Å². The molecule has 0 fully saturated rings. The van der Waals surface area contributed by atoms with Gasteiger partial charge in [0.2, 0.25) is 0 Å². The van der Waals surface area contributed by atoms with Gasteiger partial charge in [-0.2, -0.15) is 0 Å². The number of aromatic amines is 1. The van der Waals surface area contributed by atoms with Gasteiger partial charge in [0.1, 0.15) is 18.1 Å². The second kappa shape index (κ2) is 7.80. The molecule has 0 unspecified atom stereocenters. The van der Waals surface area contributed by atoms with E-state index in [0.717, 1.165) is 16.8 Å². The Hall–Kier alpha value is -3.22. The van der Waals surface area contributed by atoms with E-state index in [1.165, 1.54) is 16.8 Å². The summed E-state index contributed by atoms with van der Waals surface area (Å²) in [4.78, 5) is 3.40. The number of ether oxygens (including phenoxy) is 1. The third-order valence-corrected chi connectivity index (χ3v) is 4.80. The van der Waals surface area contributed by atoms with Crippen molar-refractivity contribution in [1.29, 1.82) is 0 Å². The Morgan fingerprint density at radius 2 is 1.82 bits per heavy atom. The molecule has 28 heavy (non-hydrogen) atoms. The van der Waals surface area contributed by atoms with Gasteiger partial charge < -0.3 is 31.0 Å². The number of H-pyrrole nitrogens is 1. The van der Waals surface area contributed by atoms with E-state index in [1.807, 2.05) is 24.3 Å². The van der Waals surface area contributed by atoms with Crippen LogP contribution in [0.15, 0.2) is 60.7 Å². The van der Waals surface area contributed by atoms with Gasteiger partial charge in [-0.1, -0.05) is 24.3 Å². The summed E-state index contributed by atoms with van der Waals surface area (Å²) in [5.41, 5.74) is 8.74. The molecule has 0 bridgehead atoms. The van der Waals surface area contributed by atoms with Crippen molar-refractivity contribution >= 4 is 27.5 Å². The van der Waals surface area contributed by atoms with Crippen molar-refractivity contribution in [2.75, 3.05) is 25.4 Å². The van der Waals surface area contributed by atoms with Crippen molar-refractivity contribution in [3.63, 3.8) is 0 Å². The average Bonchev–Trinajstić information content (AvgIpc) is 3.07. The second-order valence-electron chi connectivity index (χ2n) is 6.76. The van der Waals surface area contributed by atoms with Gasteiger partial charge in [-0.25, -0.2) is 0 Å². The van der Waals surface area contributed by atoms with Gasteiger partial charge in [0.15, 0.2) is 0 Å². The van der Waals surface area contributed by atoms with Crippen LogP contribution in [0.3, 0.4) is 0 Å². The first-order chi connectivity index (χ1) is 13.6. The molecule has 0 aliphatic heterocycles. The van der Waals surface area contributed by atoms with E-state index in [4.69, 9.17) is 10.5 Å². The number of anilines is 1. The molecule has 4 aromatic rings. The summed E-state index contributed by atoms with van der Waals surface area (Å²) in [6, 6.07) is 19.0. The van der Waals surface area contributed by atoms with E-state index in [1.54, 1.807) is 12.1 Å². The Morgan fingerprint density at radius 3 is 2.68 bits per heavy atom. The van der Waals surface area contributed by atoms with Crippen molar-refractivity contribution in [2.45, 2.75) is 6.10 Å². The van der Waals surface area contributed by atoms with Crippen LogP contribution in [0.5, 0.6) is 11.5 Å². The quantitative estimate of drug-likeness (QED) is 0.193. The van der Waals surface area contributed by atoms with Gasteiger partial charge in [-0.15, -0.1) is 0 Å². The number of nitrogens with two attached hydrogens (primary N) is 1. The molecule has 6 heteroatoms. The first-order valence-electron chi connectivity index (χ1n) is 9.22. The number of hydrogen-bond acceptors (Lipinski definition) is 5. The summed E-state index contributed by atoms with van der Waals surface area (Å²) in [6.45, 7) is 1.44. The van der Waals surface area contributed by atoms with E-state index in [-0.39, 0.29) is 11.4 Å². The number of phenolic OH excluding ortho intramolecular Hbond substituents is 1. The van der Waals surface area contributed by atoms with E-state index in [0.29, 0.717) is 25.3 Å². The van der Waals surface area contributed by atoms with Crippen LogP contribution in [0, 0.1) is 0 Å². The summed E-state index contributed by atoms with van der Waals surface area (Å²) < 4.78 is 5.82. The predicted octanol–water partition coefficient (Wildman–Crippen LogP) is 3.31. The van der Waals surface area contributed by atoms with Crippen LogP contribution in [0.1, 0.15) is 11.7 Å². The number of fused-ring (bicyclic) bond motifs is 3. The molecule has 6 nitrogen and oxygen atoms in total. The van der Waals surface area contributed by atoms with Gasteiger partial charge >= 0.3 is 0 Å². The Labute approximate surface area is 162 Å². The van der Waals surface area contributed by atoms with E-state index >= 15 is 0 Å². The predicted molar refractivity (Wildman–Crippen MR) is 112 cm³/mol. The third-order valence-electron chi connectivity index (χ3n) is 4.80. The number of para-hydroxylation sites is 1. The average molecular weight is 377 g/mol. The van der Waals surface area contributed by atoms with Crippen LogP contribution in [0.25, 0.3) is 21.8 Å². The van der Waals surface area contributed by atoms with Crippen LogP contribution in [0.2, 0.25) is 0 Å². The summed E-state index contributed by atoms with van der Waals surface area (Å²) >= 11 is 0. The number of benzene rings is 3. The Kier molecular flexibility index (Phi) is 5.06. The lowest BCUT2D eigenvalue weighted by Crippen LogP contribution is -2.26. The molecule has 1 heterocycles. The standard InChI is InChI=1S/C22H23N3O3/c23-18-11-14(5-8-21(18)26)22(27)13-24-9-10-28-15-6-7-17-16-3-1-2-4-19(16)25-20(17)12-15/h1-8,11-12,22,24-27H,9-10,13,23H2/t22-/m0/s1. The summed E-state index contributed by atoms with van der Waals surface area (Å²) in [6.07, 6.45) is -0.703. The minimum atomic E-state index is -0.703. The Balaban J connectivity index is 1.29. The first kappa shape index (κ1) is 18.2. The highest BCUT2D eigenvalue weighted by Crippen LogP contribution is 2.28. The topological polar surface area (TPSA) is 104 Å². The van der Waals surface area contributed by atoms with Crippen LogP contribution in [0.4, 0.5) is 5.69 Å². The van der Waals surface area contributed by atoms with Crippen LogP contribution in [-0.4, -0.2) is 34.9 Å². The lowest BCUT2D eigenvalue weighted by molar-refractivity contribution is 0.172. The summed E-state index contributed by atoms with van der Waals surface area (Å²) in [5, 5.41) is 25.2. The maximum atomic E-state index is 10.2. The molecule has 144 valence electrons. The number of nitrogen functional groups attached to an aromatic ring is 1. The molecule has 3 aromatic carbocycles. The molecule has 0 amide bonds. The number of hydrogen-bond donors (Lipinski definition) is 5. The molecule has 1 aromatic heterocycles. The van der Waals surface area contributed by atoms with Crippen molar-refractivity contribution in [3.8, 4) is 11.5 Å². The zero-order valence-electron chi connectivity index (χ0n) is 15.4. The van der Waals surface area contributed by atoms with Gasteiger partial charge in [-0.3, -0.25) is 0 Å². The number of aromatic nitrogens is 1. The van der Waals surface area contributed by atoms with E-state index in [9.17, 15) is 10.2 Å². The number of aliphatic hydroxyl groups is 1.